The highest BCUT2D eigenvalue weighted by atomic mass is 16.5. The number of anilines is 1. The van der Waals surface area contributed by atoms with E-state index in [0.29, 0.717) is 29.3 Å². The summed E-state index contributed by atoms with van der Waals surface area (Å²) in [6, 6.07) is 13.3. The summed E-state index contributed by atoms with van der Waals surface area (Å²) >= 11 is 0. The normalized spacial score (nSPS) is 11.6. The number of rotatable bonds is 7. The molecule has 3 rings (SSSR count). The highest BCUT2D eigenvalue weighted by molar-refractivity contribution is 5.93. The lowest BCUT2D eigenvalue weighted by atomic mass is 10.1. The predicted octanol–water partition coefficient (Wildman–Crippen LogP) is 2.91. The van der Waals surface area contributed by atoms with Crippen molar-refractivity contribution in [1.29, 1.82) is 0 Å². The largest absolute Gasteiger partial charge is 0.497 e. The Labute approximate surface area is 168 Å². The second kappa shape index (κ2) is 9.01. The fourth-order valence-electron chi connectivity index (χ4n) is 2.83. The minimum absolute atomic E-state index is 0.341. The van der Waals surface area contributed by atoms with Crippen molar-refractivity contribution in [3.05, 3.63) is 65.2 Å². The van der Waals surface area contributed by atoms with E-state index >= 15 is 0 Å². The maximum Gasteiger partial charge on any atom is 0.365 e. The predicted molar refractivity (Wildman–Crippen MR) is 109 cm³/mol. The van der Waals surface area contributed by atoms with Gasteiger partial charge in [-0.3, -0.25) is 4.79 Å². The van der Waals surface area contributed by atoms with Crippen LogP contribution in [0.2, 0.25) is 0 Å². The lowest BCUT2D eigenvalue weighted by molar-refractivity contribution is -0.119. The maximum atomic E-state index is 12.7. The van der Waals surface area contributed by atoms with Crippen LogP contribution in [0.4, 0.5) is 5.69 Å². The number of hydrogen-bond acceptors (Lipinski definition) is 6. The Kier molecular flexibility index (Phi) is 6.23. The Hall–Kier alpha value is -3.68. The van der Waals surface area contributed by atoms with E-state index in [1.54, 1.807) is 62.8 Å². The maximum absolute atomic E-state index is 12.7. The van der Waals surface area contributed by atoms with Gasteiger partial charge in [0.2, 0.25) is 5.91 Å². The number of amides is 1. The average molecular weight is 394 g/mol. The van der Waals surface area contributed by atoms with E-state index in [1.165, 1.54) is 6.20 Å². The van der Waals surface area contributed by atoms with Crippen molar-refractivity contribution in [1.82, 2.24) is 14.8 Å². The molecule has 0 saturated carbocycles. The van der Waals surface area contributed by atoms with Crippen LogP contribution in [0.1, 0.15) is 19.4 Å². The van der Waals surface area contributed by atoms with Gasteiger partial charge in [-0.15, -0.1) is 0 Å². The van der Waals surface area contributed by atoms with Gasteiger partial charge < -0.3 is 14.8 Å². The average Bonchev–Trinajstić information content (AvgIpc) is 2.76. The molecule has 0 radical (unpaired) electrons. The van der Waals surface area contributed by atoms with Crippen molar-refractivity contribution in [3.63, 3.8) is 0 Å². The summed E-state index contributed by atoms with van der Waals surface area (Å²) < 4.78 is 11.3. The number of methoxy groups -OCH3 is 2. The second-order valence-electron chi connectivity index (χ2n) is 6.24. The van der Waals surface area contributed by atoms with Crippen molar-refractivity contribution in [2.24, 2.45) is 0 Å². The number of benzene rings is 2. The molecule has 1 aromatic heterocycles. The van der Waals surface area contributed by atoms with E-state index in [1.807, 2.05) is 6.92 Å². The molecule has 29 heavy (non-hydrogen) atoms. The monoisotopic (exact) mass is 394 g/mol. The molecular weight excluding hydrogens is 372 g/mol. The molecule has 1 N–H and O–H groups in total. The minimum atomic E-state index is -0.776. The van der Waals surface area contributed by atoms with Crippen molar-refractivity contribution >= 4 is 11.6 Å². The second-order valence-corrected chi connectivity index (χ2v) is 6.24. The third kappa shape index (κ3) is 4.60. The zero-order valence-electron chi connectivity index (χ0n) is 16.5. The summed E-state index contributed by atoms with van der Waals surface area (Å²) in [5, 5.41) is 6.98. The zero-order valence-corrected chi connectivity index (χ0v) is 16.5. The topological polar surface area (TPSA) is 95.3 Å². The number of ether oxygens (including phenoxy) is 2. The number of aromatic nitrogens is 3. The molecular formula is C21H22N4O4. The first-order valence-corrected chi connectivity index (χ1v) is 9.11. The number of carbonyl (C=O) groups excluding carboxylic acids is 1. The third-order valence-electron chi connectivity index (χ3n) is 4.44. The fourth-order valence-corrected chi connectivity index (χ4v) is 2.83. The van der Waals surface area contributed by atoms with Crippen LogP contribution in [0.25, 0.3) is 11.3 Å². The van der Waals surface area contributed by atoms with Gasteiger partial charge >= 0.3 is 5.69 Å². The van der Waals surface area contributed by atoms with E-state index < -0.39 is 11.7 Å². The summed E-state index contributed by atoms with van der Waals surface area (Å²) in [4.78, 5) is 29.3. The minimum Gasteiger partial charge on any atom is -0.497 e. The third-order valence-corrected chi connectivity index (χ3v) is 4.44. The van der Waals surface area contributed by atoms with Crippen LogP contribution >= 0.6 is 0 Å². The fraction of sp³-hybridized carbons (Fsp3) is 0.238. The zero-order chi connectivity index (χ0) is 20.8. The Morgan fingerprint density at radius 3 is 2.14 bits per heavy atom. The van der Waals surface area contributed by atoms with Crippen molar-refractivity contribution in [2.75, 3.05) is 19.5 Å². The van der Waals surface area contributed by atoms with Gasteiger partial charge in [-0.2, -0.15) is 10.1 Å². The van der Waals surface area contributed by atoms with E-state index in [2.05, 4.69) is 15.4 Å². The van der Waals surface area contributed by atoms with Crippen molar-refractivity contribution in [3.8, 4) is 22.8 Å². The first-order valence-electron chi connectivity index (χ1n) is 9.11. The SMILES string of the molecule is CC[C@H](C(=O)Nc1ccc(OC)cc1)n1ncc(-c2ccc(OC)cc2)nc1=O. The number of nitrogens with zero attached hydrogens (tertiary/aromatic N) is 3. The molecule has 0 bridgehead atoms. The number of nitrogens with one attached hydrogen (secondary N) is 1. The highest BCUT2D eigenvalue weighted by Gasteiger charge is 2.22. The van der Waals surface area contributed by atoms with Gasteiger partial charge in [0.15, 0.2) is 0 Å². The molecule has 2 aromatic carbocycles. The first-order chi connectivity index (χ1) is 14.0. The van der Waals surface area contributed by atoms with Gasteiger partial charge in [0.05, 0.1) is 26.1 Å². The standard InChI is InChI=1S/C21H22N4O4/c1-4-19(20(26)23-15-7-11-17(29-3)12-8-15)25-21(27)24-18(13-22-25)14-5-9-16(28-2)10-6-14/h5-13,19H,4H2,1-3H3,(H,23,26)/t19-/m1/s1. The van der Waals surface area contributed by atoms with Gasteiger partial charge in [0, 0.05) is 11.3 Å². The Balaban J connectivity index is 1.80. The molecule has 0 aliphatic rings. The highest BCUT2D eigenvalue weighted by Crippen LogP contribution is 2.20. The van der Waals surface area contributed by atoms with Crippen LogP contribution in [0.5, 0.6) is 11.5 Å². The molecule has 8 heteroatoms. The number of carbonyl (C=O) groups is 1. The van der Waals surface area contributed by atoms with Crippen LogP contribution in [0.15, 0.2) is 59.5 Å². The summed E-state index contributed by atoms with van der Waals surface area (Å²) in [6.07, 6.45) is 1.87. The molecule has 8 nitrogen and oxygen atoms in total. The molecule has 0 aliphatic carbocycles. The van der Waals surface area contributed by atoms with Crippen molar-refractivity contribution < 1.29 is 14.3 Å². The van der Waals surface area contributed by atoms with Crippen molar-refractivity contribution in [2.45, 2.75) is 19.4 Å². The van der Waals surface area contributed by atoms with Gasteiger partial charge in [0.1, 0.15) is 17.5 Å². The van der Waals surface area contributed by atoms with Crippen LogP contribution < -0.4 is 20.5 Å². The molecule has 1 amide bonds. The Morgan fingerprint density at radius 1 is 1.03 bits per heavy atom. The van der Waals surface area contributed by atoms with E-state index in [-0.39, 0.29) is 5.91 Å². The molecule has 0 aliphatic heterocycles. The van der Waals surface area contributed by atoms with Gasteiger partial charge in [0.25, 0.3) is 0 Å². The molecule has 0 unspecified atom stereocenters. The molecule has 0 saturated heterocycles. The summed E-state index contributed by atoms with van der Waals surface area (Å²) in [5.74, 6) is 1.05. The van der Waals surface area contributed by atoms with Crippen LogP contribution in [-0.2, 0) is 4.79 Å². The smallest absolute Gasteiger partial charge is 0.365 e. The molecule has 0 fully saturated rings. The Morgan fingerprint density at radius 2 is 1.62 bits per heavy atom. The molecule has 1 heterocycles. The molecule has 3 aromatic rings. The van der Waals surface area contributed by atoms with Gasteiger partial charge in [-0.1, -0.05) is 6.92 Å². The molecule has 150 valence electrons. The number of hydrogen-bond donors (Lipinski definition) is 1. The summed E-state index contributed by atoms with van der Waals surface area (Å²) in [6.45, 7) is 1.81. The first kappa shape index (κ1) is 20.1. The lowest BCUT2D eigenvalue weighted by Gasteiger charge is -2.16. The van der Waals surface area contributed by atoms with Crippen LogP contribution in [0, 0.1) is 0 Å². The molecule has 1 atom stereocenters. The van der Waals surface area contributed by atoms with E-state index in [4.69, 9.17) is 9.47 Å². The lowest BCUT2D eigenvalue weighted by Crippen LogP contribution is -2.36. The van der Waals surface area contributed by atoms with E-state index in [0.717, 1.165) is 10.2 Å². The van der Waals surface area contributed by atoms with Crippen LogP contribution in [0.3, 0.4) is 0 Å². The quantitative estimate of drug-likeness (QED) is 0.662. The van der Waals surface area contributed by atoms with E-state index in [9.17, 15) is 9.59 Å². The van der Waals surface area contributed by atoms with Gasteiger partial charge in [-0.25, -0.2) is 9.48 Å². The summed E-state index contributed by atoms with van der Waals surface area (Å²) in [7, 11) is 3.15. The summed E-state index contributed by atoms with van der Waals surface area (Å²) in [5.41, 5.74) is 1.18. The van der Waals surface area contributed by atoms with Gasteiger partial charge in [-0.05, 0) is 55.0 Å². The van der Waals surface area contributed by atoms with Crippen LogP contribution in [-0.4, -0.2) is 34.9 Å². The Bertz CT molecular complexity index is 1030. The molecule has 0 spiro atoms.